The first-order valence-corrected chi connectivity index (χ1v) is 3.91. The standard InChI is InChI=1S/C9H12O4/c1-3-13-6-4-7(10)9(12-2)8(11)5-6/h4-5,10-11H,3H2,1-2H3. The molecule has 0 amide bonds. The van der Waals surface area contributed by atoms with E-state index >= 15 is 0 Å². The highest BCUT2D eigenvalue weighted by Gasteiger charge is 2.09. The van der Waals surface area contributed by atoms with Gasteiger partial charge in [0.15, 0.2) is 11.5 Å². The maximum atomic E-state index is 9.33. The molecule has 0 bridgehead atoms. The molecule has 0 atom stereocenters. The molecule has 1 rings (SSSR count). The van der Waals surface area contributed by atoms with E-state index in [0.29, 0.717) is 12.4 Å². The molecule has 0 unspecified atom stereocenters. The van der Waals surface area contributed by atoms with Crippen LogP contribution in [-0.4, -0.2) is 23.9 Å². The number of methoxy groups -OCH3 is 1. The molecule has 0 spiro atoms. The van der Waals surface area contributed by atoms with Crippen molar-refractivity contribution in [1.29, 1.82) is 0 Å². The highest BCUT2D eigenvalue weighted by molar-refractivity contribution is 5.54. The first-order chi connectivity index (χ1) is 6.19. The van der Waals surface area contributed by atoms with E-state index in [1.165, 1.54) is 19.2 Å². The minimum Gasteiger partial charge on any atom is -0.504 e. The summed E-state index contributed by atoms with van der Waals surface area (Å²) in [6.45, 7) is 2.30. The van der Waals surface area contributed by atoms with Gasteiger partial charge >= 0.3 is 0 Å². The van der Waals surface area contributed by atoms with Gasteiger partial charge in [-0.2, -0.15) is 0 Å². The molecule has 72 valence electrons. The predicted octanol–water partition coefficient (Wildman–Crippen LogP) is 1.51. The second-order valence-corrected chi connectivity index (χ2v) is 2.43. The Morgan fingerprint density at radius 2 is 1.77 bits per heavy atom. The third-order valence-electron chi connectivity index (χ3n) is 1.54. The molecular weight excluding hydrogens is 172 g/mol. The molecule has 0 aliphatic rings. The zero-order chi connectivity index (χ0) is 9.84. The minimum absolute atomic E-state index is 0.0588. The van der Waals surface area contributed by atoms with E-state index in [-0.39, 0.29) is 17.2 Å². The monoisotopic (exact) mass is 184 g/mol. The van der Waals surface area contributed by atoms with Gasteiger partial charge in [-0.15, -0.1) is 0 Å². The van der Waals surface area contributed by atoms with Gasteiger partial charge in [-0.3, -0.25) is 0 Å². The van der Waals surface area contributed by atoms with Crippen molar-refractivity contribution in [3.8, 4) is 23.0 Å². The molecule has 2 N–H and O–H groups in total. The van der Waals surface area contributed by atoms with Gasteiger partial charge in [-0.1, -0.05) is 0 Å². The van der Waals surface area contributed by atoms with Crippen LogP contribution in [0.4, 0.5) is 0 Å². The van der Waals surface area contributed by atoms with Crippen LogP contribution in [-0.2, 0) is 0 Å². The molecule has 0 saturated heterocycles. The molecule has 1 aromatic carbocycles. The van der Waals surface area contributed by atoms with Crippen molar-refractivity contribution in [2.24, 2.45) is 0 Å². The summed E-state index contributed by atoms with van der Waals surface area (Å²) >= 11 is 0. The van der Waals surface area contributed by atoms with Crippen molar-refractivity contribution in [2.45, 2.75) is 6.92 Å². The molecule has 1 aromatic rings. The fraction of sp³-hybridized carbons (Fsp3) is 0.333. The van der Waals surface area contributed by atoms with Crippen LogP contribution in [0.3, 0.4) is 0 Å². The van der Waals surface area contributed by atoms with Crippen molar-refractivity contribution in [3.05, 3.63) is 12.1 Å². The Balaban J connectivity index is 3.05. The number of benzene rings is 1. The van der Waals surface area contributed by atoms with Crippen LogP contribution in [0.25, 0.3) is 0 Å². The van der Waals surface area contributed by atoms with E-state index in [4.69, 9.17) is 9.47 Å². The Bertz CT molecular complexity index is 273. The van der Waals surface area contributed by atoms with Crippen LogP contribution in [0.2, 0.25) is 0 Å². The zero-order valence-electron chi connectivity index (χ0n) is 7.57. The lowest BCUT2D eigenvalue weighted by Gasteiger charge is -2.08. The quantitative estimate of drug-likeness (QED) is 0.747. The summed E-state index contributed by atoms with van der Waals surface area (Å²) in [7, 11) is 1.37. The van der Waals surface area contributed by atoms with E-state index in [1.807, 2.05) is 6.92 Å². The number of ether oxygens (including phenoxy) is 2. The molecule has 0 saturated carbocycles. The maximum absolute atomic E-state index is 9.33. The average molecular weight is 184 g/mol. The normalized spacial score (nSPS) is 9.69. The first-order valence-electron chi connectivity index (χ1n) is 3.91. The van der Waals surface area contributed by atoms with Crippen LogP contribution < -0.4 is 9.47 Å². The summed E-state index contributed by atoms with van der Waals surface area (Å²) in [5, 5.41) is 18.7. The Morgan fingerprint density at radius 1 is 1.23 bits per heavy atom. The van der Waals surface area contributed by atoms with Crippen LogP contribution in [0.15, 0.2) is 12.1 Å². The Kier molecular flexibility index (Phi) is 2.84. The average Bonchev–Trinajstić information content (AvgIpc) is 2.04. The molecular formula is C9H12O4. The number of hydrogen-bond acceptors (Lipinski definition) is 4. The number of hydrogen-bond donors (Lipinski definition) is 2. The summed E-state index contributed by atoms with van der Waals surface area (Å²) in [5.41, 5.74) is 0. The summed E-state index contributed by atoms with van der Waals surface area (Å²) in [4.78, 5) is 0. The van der Waals surface area contributed by atoms with Crippen LogP contribution in [0.5, 0.6) is 23.0 Å². The van der Waals surface area contributed by atoms with Gasteiger partial charge in [0.05, 0.1) is 13.7 Å². The van der Waals surface area contributed by atoms with Gasteiger partial charge in [-0.25, -0.2) is 0 Å². The third-order valence-corrected chi connectivity index (χ3v) is 1.54. The highest BCUT2D eigenvalue weighted by Crippen LogP contribution is 2.39. The maximum Gasteiger partial charge on any atom is 0.203 e. The molecule has 0 aliphatic heterocycles. The largest absolute Gasteiger partial charge is 0.504 e. The Labute approximate surface area is 76.3 Å². The van der Waals surface area contributed by atoms with E-state index < -0.39 is 0 Å². The smallest absolute Gasteiger partial charge is 0.203 e. The van der Waals surface area contributed by atoms with E-state index in [9.17, 15) is 10.2 Å². The Morgan fingerprint density at radius 3 is 2.15 bits per heavy atom. The lowest BCUT2D eigenvalue weighted by atomic mass is 10.3. The molecule has 4 heteroatoms. The fourth-order valence-corrected chi connectivity index (χ4v) is 1.03. The van der Waals surface area contributed by atoms with Crippen LogP contribution in [0, 0.1) is 0 Å². The van der Waals surface area contributed by atoms with E-state index in [1.54, 1.807) is 0 Å². The number of rotatable bonds is 3. The Hall–Kier alpha value is -1.58. The van der Waals surface area contributed by atoms with Crippen molar-refractivity contribution in [3.63, 3.8) is 0 Å². The van der Waals surface area contributed by atoms with Crippen molar-refractivity contribution in [2.75, 3.05) is 13.7 Å². The zero-order valence-corrected chi connectivity index (χ0v) is 7.57. The van der Waals surface area contributed by atoms with Crippen LogP contribution in [0.1, 0.15) is 6.92 Å². The molecule has 4 nitrogen and oxygen atoms in total. The SMILES string of the molecule is CCOc1cc(O)c(OC)c(O)c1. The van der Waals surface area contributed by atoms with Gasteiger partial charge in [-0.05, 0) is 6.92 Å². The van der Waals surface area contributed by atoms with Crippen molar-refractivity contribution in [1.82, 2.24) is 0 Å². The second kappa shape index (κ2) is 3.89. The topological polar surface area (TPSA) is 58.9 Å². The summed E-state index contributed by atoms with van der Waals surface area (Å²) in [6.07, 6.45) is 0. The number of phenols is 2. The van der Waals surface area contributed by atoms with Gasteiger partial charge in [0.2, 0.25) is 5.75 Å². The second-order valence-electron chi connectivity index (χ2n) is 2.43. The van der Waals surface area contributed by atoms with Crippen molar-refractivity contribution >= 4 is 0 Å². The predicted molar refractivity (Wildman–Crippen MR) is 47.5 cm³/mol. The lowest BCUT2D eigenvalue weighted by molar-refractivity contribution is 0.320. The van der Waals surface area contributed by atoms with Gasteiger partial charge in [0.1, 0.15) is 5.75 Å². The van der Waals surface area contributed by atoms with Crippen LogP contribution >= 0.6 is 0 Å². The summed E-state index contributed by atoms with van der Waals surface area (Å²) in [6, 6.07) is 2.78. The van der Waals surface area contributed by atoms with E-state index in [2.05, 4.69) is 0 Å². The number of phenolic OH excluding ortho intramolecular Hbond substituents is 2. The molecule has 0 fully saturated rings. The highest BCUT2D eigenvalue weighted by atomic mass is 16.5. The number of aromatic hydroxyl groups is 2. The van der Waals surface area contributed by atoms with Gasteiger partial charge in [0.25, 0.3) is 0 Å². The van der Waals surface area contributed by atoms with Gasteiger partial charge < -0.3 is 19.7 Å². The fourth-order valence-electron chi connectivity index (χ4n) is 1.03. The first kappa shape index (κ1) is 9.51. The molecule has 0 aliphatic carbocycles. The van der Waals surface area contributed by atoms with E-state index in [0.717, 1.165) is 0 Å². The summed E-state index contributed by atoms with van der Waals surface area (Å²) in [5.74, 6) is 0.207. The van der Waals surface area contributed by atoms with Gasteiger partial charge in [0, 0.05) is 12.1 Å². The summed E-state index contributed by atoms with van der Waals surface area (Å²) < 4.78 is 9.84. The third kappa shape index (κ3) is 1.96. The minimum atomic E-state index is -0.133. The molecule has 0 heterocycles. The molecule has 0 aromatic heterocycles. The lowest BCUT2D eigenvalue weighted by Crippen LogP contribution is -1.92. The molecule has 0 radical (unpaired) electrons. The molecule has 13 heavy (non-hydrogen) atoms. The van der Waals surface area contributed by atoms with Crippen molar-refractivity contribution < 1.29 is 19.7 Å².